The summed E-state index contributed by atoms with van der Waals surface area (Å²) < 4.78 is 1.17. The van der Waals surface area contributed by atoms with Gasteiger partial charge in [0.1, 0.15) is 0 Å². The van der Waals surface area contributed by atoms with E-state index in [4.69, 9.17) is 0 Å². The van der Waals surface area contributed by atoms with E-state index in [1.165, 1.54) is 35.7 Å². The Morgan fingerprint density at radius 1 is 1.21 bits per heavy atom. The van der Waals surface area contributed by atoms with Crippen LogP contribution in [0, 0.1) is 11.8 Å². The van der Waals surface area contributed by atoms with Gasteiger partial charge in [0, 0.05) is 16.6 Å². The van der Waals surface area contributed by atoms with Crippen LogP contribution in [0.2, 0.25) is 0 Å². The van der Waals surface area contributed by atoms with E-state index < -0.39 is 0 Å². The van der Waals surface area contributed by atoms with E-state index in [-0.39, 0.29) is 0 Å². The first-order valence-corrected chi connectivity index (χ1v) is 8.37. The zero-order valence-electron chi connectivity index (χ0n) is 12.3. The molecule has 1 saturated carbocycles. The number of rotatable bonds is 4. The molecule has 2 rings (SSSR count). The molecule has 1 nitrogen and oxygen atoms in total. The minimum absolute atomic E-state index is 0.438. The fraction of sp³-hybridized carbons (Fsp3) is 0.647. The van der Waals surface area contributed by atoms with Crippen molar-refractivity contribution < 1.29 is 0 Å². The maximum absolute atomic E-state index is 3.83. The zero-order chi connectivity index (χ0) is 13.8. The molecule has 1 N–H and O–H groups in total. The van der Waals surface area contributed by atoms with Crippen molar-refractivity contribution in [3.63, 3.8) is 0 Å². The van der Waals surface area contributed by atoms with Gasteiger partial charge in [-0.3, -0.25) is 0 Å². The van der Waals surface area contributed by atoms with Gasteiger partial charge in [0.05, 0.1) is 0 Å². The van der Waals surface area contributed by atoms with E-state index >= 15 is 0 Å². The maximum Gasteiger partial charge on any atom is 0.0294 e. The van der Waals surface area contributed by atoms with Gasteiger partial charge in [-0.2, -0.15) is 0 Å². The number of nitrogens with one attached hydrogen (secondary N) is 1. The third kappa shape index (κ3) is 4.32. The van der Waals surface area contributed by atoms with Crippen molar-refractivity contribution in [2.75, 3.05) is 0 Å². The standard InChI is InChI=1S/C17H26BrN/c1-12(2)14-6-5-9-17(11-14)19-13(3)15-7-4-8-16(18)10-15/h4,7-8,10,12-14,17,19H,5-6,9,11H2,1-3H3. The van der Waals surface area contributed by atoms with Crippen molar-refractivity contribution in [2.24, 2.45) is 11.8 Å². The van der Waals surface area contributed by atoms with Gasteiger partial charge in [0.25, 0.3) is 0 Å². The van der Waals surface area contributed by atoms with Crippen LogP contribution in [0.25, 0.3) is 0 Å². The molecule has 1 aliphatic carbocycles. The predicted molar refractivity (Wildman–Crippen MR) is 86.3 cm³/mol. The monoisotopic (exact) mass is 323 g/mol. The molecule has 0 bridgehead atoms. The van der Waals surface area contributed by atoms with E-state index in [0.717, 1.165) is 11.8 Å². The summed E-state index contributed by atoms with van der Waals surface area (Å²) in [5, 5.41) is 3.83. The Morgan fingerprint density at radius 3 is 2.68 bits per heavy atom. The minimum atomic E-state index is 0.438. The molecule has 0 radical (unpaired) electrons. The van der Waals surface area contributed by atoms with Gasteiger partial charge in [-0.05, 0) is 49.3 Å². The van der Waals surface area contributed by atoms with Gasteiger partial charge in [0.2, 0.25) is 0 Å². The molecule has 0 aliphatic heterocycles. The smallest absolute Gasteiger partial charge is 0.0294 e. The zero-order valence-corrected chi connectivity index (χ0v) is 13.9. The van der Waals surface area contributed by atoms with Crippen molar-refractivity contribution in [3.8, 4) is 0 Å². The Labute approximate surface area is 126 Å². The molecule has 106 valence electrons. The lowest BCUT2D eigenvalue weighted by molar-refractivity contribution is 0.223. The van der Waals surface area contributed by atoms with Gasteiger partial charge in [-0.1, -0.05) is 54.8 Å². The number of benzene rings is 1. The highest BCUT2D eigenvalue weighted by atomic mass is 79.9. The SMILES string of the molecule is CC(NC1CCCC(C(C)C)C1)c1cccc(Br)c1. The van der Waals surface area contributed by atoms with Gasteiger partial charge >= 0.3 is 0 Å². The summed E-state index contributed by atoms with van der Waals surface area (Å²) in [5.41, 5.74) is 1.38. The quantitative estimate of drug-likeness (QED) is 0.791. The third-order valence-electron chi connectivity index (χ3n) is 4.49. The summed E-state index contributed by atoms with van der Waals surface area (Å²) in [4.78, 5) is 0. The van der Waals surface area contributed by atoms with Gasteiger partial charge < -0.3 is 5.32 Å². The number of hydrogen-bond acceptors (Lipinski definition) is 1. The van der Waals surface area contributed by atoms with Crippen molar-refractivity contribution in [2.45, 2.75) is 58.5 Å². The van der Waals surface area contributed by atoms with Crippen LogP contribution in [0.1, 0.15) is 58.1 Å². The lowest BCUT2D eigenvalue weighted by Crippen LogP contribution is -2.37. The third-order valence-corrected chi connectivity index (χ3v) is 4.99. The molecule has 2 heteroatoms. The molecule has 1 aliphatic rings. The second-order valence-corrected chi connectivity index (χ2v) is 7.23. The molecule has 3 atom stereocenters. The van der Waals surface area contributed by atoms with Crippen LogP contribution < -0.4 is 5.32 Å². The highest BCUT2D eigenvalue weighted by Crippen LogP contribution is 2.31. The molecule has 0 spiro atoms. The Bertz CT molecular complexity index is 402. The molecule has 0 saturated heterocycles. The minimum Gasteiger partial charge on any atom is -0.307 e. The molecule has 1 aromatic rings. The molecule has 1 aromatic carbocycles. The topological polar surface area (TPSA) is 12.0 Å². The normalized spacial score (nSPS) is 25.5. The van der Waals surface area contributed by atoms with Crippen molar-refractivity contribution in [1.82, 2.24) is 5.32 Å². The molecule has 3 unspecified atom stereocenters. The van der Waals surface area contributed by atoms with E-state index in [1.807, 2.05) is 0 Å². The van der Waals surface area contributed by atoms with E-state index in [0.29, 0.717) is 12.1 Å². The highest BCUT2D eigenvalue weighted by molar-refractivity contribution is 9.10. The fourth-order valence-electron chi connectivity index (χ4n) is 3.21. The average molecular weight is 324 g/mol. The lowest BCUT2D eigenvalue weighted by atomic mass is 9.79. The van der Waals surface area contributed by atoms with Gasteiger partial charge in [-0.15, -0.1) is 0 Å². The summed E-state index contributed by atoms with van der Waals surface area (Å²) in [5.74, 6) is 1.73. The molecular weight excluding hydrogens is 298 g/mol. The first-order valence-electron chi connectivity index (χ1n) is 7.57. The fourth-order valence-corrected chi connectivity index (χ4v) is 3.63. The summed E-state index contributed by atoms with van der Waals surface area (Å²) in [6.45, 7) is 7.01. The summed E-state index contributed by atoms with van der Waals surface area (Å²) in [6, 6.07) is 9.77. The van der Waals surface area contributed by atoms with Gasteiger partial charge in [-0.25, -0.2) is 0 Å². The Morgan fingerprint density at radius 2 is 2.00 bits per heavy atom. The second-order valence-electron chi connectivity index (χ2n) is 6.31. The Kier molecular flexibility index (Phi) is 5.47. The maximum atomic E-state index is 3.83. The Hall–Kier alpha value is -0.340. The van der Waals surface area contributed by atoms with Crippen LogP contribution in [-0.2, 0) is 0 Å². The first-order chi connectivity index (χ1) is 9.06. The average Bonchev–Trinajstić information content (AvgIpc) is 2.39. The van der Waals surface area contributed by atoms with Crippen LogP contribution >= 0.6 is 15.9 Å². The summed E-state index contributed by atoms with van der Waals surface area (Å²) >= 11 is 3.56. The molecule has 19 heavy (non-hydrogen) atoms. The highest BCUT2D eigenvalue weighted by Gasteiger charge is 2.25. The number of hydrogen-bond donors (Lipinski definition) is 1. The second kappa shape index (κ2) is 6.90. The Balaban J connectivity index is 1.93. The van der Waals surface area contributed by atoms with E-state index in [9.17, 15) is 0 Å². The van der Waals surface area contributed by atoms with Crippen LogP contribution in [0.3, 0.4) is 0 Å². The number of halogens is 1. The molecule has 0 amide bonds. The first kappa shape index (κ1) is 15.1. The van der Waals surface area contributed by atoms with Crippen LogP contribution in [0.5, 0.6) is 0 Å². The molecule has 1 fully saturated rings. The molecule has 0 heterocycles. The van der Waals surface area contributed by atoms with Crippen molar-refractivity contribution >= 4 is 15.9 Å². The molecular formula is C17H26BrN. The van der Waals surface area contributed by atoms with Crippen LogP contribution in [0.15, 0.2) is 28.7 Å². The van der Waals surface area contributed by atoms with Crippen LogP contribution in [0.4, 0.5) is 0 Å². The predicted octanol–water partition coefficient (Wildman–Crippen LogP) is 5.31. The van der Waals surface area contributed by atoms with Crippen LogP contribution in [-0.4, -0.2) is 6.04 Å². The largest absolute Gasteiger partial charge is 0.307 e. The van der Waals surface area contributed by atoms with Crippen molar-refractivity contribution in [3.05, 3.63) is 34.3 Å². The lowest BCUT2D eigenvalue weighted by Gasteiger charge is -2.34. The van der Waals surface area contributed by atoms with E-state index in [2.05, 4.69) is 66.3 Å². The summed E-state index contributed by atoms with van der Waals surface area (Å²) in [7, 11) is 0. The summed E-state index contributed by atoms with van der Waals surface area (Å²) in [6.07, 6.45) is 5.48. The van der Waals surface area contributed by atoms with E-state index in [1.54, 1.807) is 0 Å². The molecule has 0 aromatic heterocycles. The van der Waals surface area contributed by atoms with Crippen molar-refractivity contribution in [1.29, 1.82) is 0 Å². The van der Waals surface area contributed by atoms with Gasteiger partial charge in [0.15, 0.2) is 0 Å².